The lowest BCUT2D eigenvalue weighted by Gasteiger charge is -2.36. The number of nitrogens with zero attached hydrogens (tertiary/aromatic N) is 3. The molecule has 1 unspecified atom stereocenters. The van der Waals surface area contributed by atoms with Crippen molar-refractivity contribution in [1.82, 2.24) is 20.9 Å². The summed E-state index contributed by atoms with van der Waals surface area (Å²) in [6.07, 6.45) is 9.24. The van der Waals surface area contributed by atoms with E-state index in [2.05, 4.69) is 33.2 Å². The second kappa shape index (κ2) is 13.2. The normalized spacial score (nSPS) is 20.9. The number of nitrogens with one attached hydrogen (secondary N) is 4. The summed E-state index contributed by atoms with van der Waals surface area (Å²) >= 11 is 6.59. The number of anilines is 1. The van der Waals surface area contributed by atoms with Gasteiger partial charge in [0.1, 0.15) is 12.4 Å². The van der Waals surface area contributed by atoms with E-state index in [0.717, 1.165) is 49.1 Å². The van der Waals surface area contributed by atoms with E-state index in [1.807, 2.05) is 48.5 Å². The van der Waals surface area contributed by atoms with Gasteiger partial charge in [0, 0.05) is 24.8 Å². The average Bonchev–Trinajstić information content (AvgIpc) is 3.22. The second-order valence-electron chi connectivity index (χ2n) is 10.4. The molecule has 2 heterocycles. The second-order valence-corrected chi connectivity index (χ2v) is 10.8. The third kappa shape index (κ3) is 7.32. The van der Waals surface area contributed by atoms with Crippen LogP contribution >= 0.6 is 11.6 Å². The molecule has 5 rings (SSSR count). The molecule has 1 saturated heterocycles. The van der Waals surface area contributed by atoms with Crippen molar-refractivity contribution < 1.29 is 4.74 Å². The Hall–Kier alpha value is -2.97. The van der Waals surface area contributed by atoms with Gasteiger partial charge in [-0.1, -0.05) is 67.6 Å². The Balaban J connectivity index is 1.29. The van der Waals surface area contributed by atoms with Crippen LogP contribution in [0.5, 0.6) is 5.75 Å². The minimum atomic E-state index is -0.462. The van der Waals surface area contributed by atoms with Crippen LogP contribution in [0.2, 0.25) is 5.02 Å². The van der Waals surface area contributed by atoms with Crippen LogP contribution in [0.15, 0.2) is 58.5 Å². The van der Waals surface area contributed by atoms with Gasteiger partial charge in [-0.25, -0.2) is 9.98 Å². The van der Waals surface area contributed by atoms with Crippen LogP contribution in [0.1, 0.15) is 56.9 Å². The van der Waals surface area contributed by atoms with Crippen LogP contribution in [0, 0.1) is 0 Å². The first-order chi connectivity index (χ1) is 18.6. The van der Waals surface area contributed by atoms with Crippen LogP contribution in [0.4, 0.5) is 5.69 Å². The zero-order chi connectivity index (χ0) is 26.2. The number of ether oxygens (including phenoxy) is 1. The quantitative estimate of drug-likeness (QED) is 0.375. The van der Waals surface area contributed by atoms with Gasteiger partial charge >= 0.3 is 0 Å². The Kier molecular flexibility index (Phi) is 9.25. The van der Waals surface area contributed by atoms with Gasteiger partial charge in [0.25, 0.3) is 0 Å². The van der Waals surface area contributed by atoms with Gasteiger partial charge in [-0.15, -0.1) is 0 Å². The van der Waals surface area contributed by atoms with Crippen molar-refractivity contribution in [1.29, 1.82) is 0 Å². The van der Waals surface area contributed by atoms with Gasteiger partial charge < -0.3 is 25.6 Å². The number of rotatable bonds is 7. The molecule has 8 nitrogen and oxygen atoms in total. The topological polar surface area (TPSA) is 85.3 Å². The van der Waals surface area contributed by atoms with E-state index < -0.39 is 6.29 Å². The van der Waals surface area contributed by atoms with E-state index in [1.54, 1.807) is 0 Å². The molecule has 9 heteroatoms. The standard InChI is InChI=1S/C29H40ClN7O/c1-37(24-15-17-31-18-16-24)29-35-27(32-22-11-7-2-3-8-12-22)34-28(36-29)33-23-13-14-26(25(30)19-23)38-20-21-9-5-4-6-10-21/h4-6,9-10,13-14,19,22,24,28,31,33H,2-3,7-8,11-12,15-18,20H2,1H3,(H2,32,34,35,36). The first kappa shape index (κ1) is 26.6. The number of piperidine rings is 1. The Labute approximate surface area is 231 Å². The molecule has 1 saturated carbocycles. The monoisotopic (exact) mass is 537 g/mol. The first-order valence-electron chi connectivity index (χ1n) is 14.0. The fourth-order valence-electron chi connectivity index (χ4n) is 5.33. The van der Waals surface area contributed by atoms with Crippen molar-refractivity contribution in [2.45, 2.75) is 76.3 Å². The van der Waals surface area contributed by atoms with E-state index in [0.29, 0.717) is 29.5 Å². The van der Waals surface area contributed by atoms with E-state index in [-0.39, 0.29) is 0 Å². The van der Waals surface area contributed by atoms with Crippen molar-refractivity contribution in [3.8, 4) is 5.75 Å². The van der Waals surface area contributed by atoms with Crippen LogP contribution in [0.3, 0.4) is 0 Å². The minimum Gasteiger partial charge on any atom is -0.487 e. The molecule has 204 valence electrons. The highest BCUT2D eigenvalue weighted by molar-refractivity contribution is 6.32. The van der Waals surface area contributed by atoms with E-state index in [1.165, 1.54) is 38.5 Å². The fraction of sp³-hybridized carbons (Fsp3) is 0.517. The van der Waals surface area contributed by atoms with Crippen LogP contribution in [-0.2, 0) is 6.61 Å². The average molecular weight is 538 g/mol. The number of hydrogen-bond donors (Lipinski definition) is 4. The van der Waals surface area contributed by atoms with Crippen LogP contribution < -0.4 is 26.0 Å². The highest BCUT2D eigenvalue weighted by atomic mass is 35.5. The molecule has 1 atom stereocenters. The summed E-state index contributed by atoms with van der Waals surface area (Å²) in [5.41, 5.74) is 1.95. The highest BCUT2D eigenvalue weighted by Crippen LogP contribution is 2.29. The number of aliphatic imine (C=N–C) groups is 2. The molecule has 1 aliphatic carbocycles. The van der Waals surface area contributed by atoms with Crippen LogP contribution in [0.25, 0.3) is 0 Å². The molecule has 0 amide bonds. The molecule has 3 aliphatic rings. The smallest absolute Gasteiger partial charge is 0.221 e. The van der Waals surface area contributed by atoms with E-state index in [4.69, 9.17) is 26.3 Å². The first-order valence-corrected chi connectivity index (χ1v) is 14.4. The number of benzene rings is 2. The molecule has 2 fully saturated rings. The van der Waals surface area contributed by atoms with Gasteiger partial charge in [-0.3, -0.25) is 5.32 Å². The molecule has 0 radical (unpaired) electrons. The summed E-state index contributed by atoms with van der Waals surface area (Å²) in [4.78, 5) is 12.1. The number of halogens is 1. The van der Waals surface area contributed by atoms with Crippen molar-refractivity contribution in [3.05, 3.63) is 59.1 Å². The Bertz CT molecular complexity index is 1100. The molecule has 0 aromatic heterocycles. The Morgan fingerprint density at radius 3 is 2.45 bits per heavy atom. The number of hydrogen-bond acceptors (Lipinski definition) is 8. The van der Waals surface area contributed by atoms with Crippen molar-refractivity contribution in [3.63, 3.8) is 0 Å². The third-order valence-electron chi connectivity index (χ3n) is 7.58. The molecule has 2 aromatic rings. The maximum atomic E-state index is 6.59. The molecular formula is C29H40ClN7O. The van der Waals surface area contributed by atoms with Crippen LogP contribution in [-0.4, -0.2) is 55.3 Å². The predicted octanol–water partition coefficient (Wildman–Crippen LogP) is 4.93. The molecule has 2 aromatic carbocycles. The third-order valence-corrected chi connectivity index (χ3v) is 7.87. The lowest BCUT2D eigenvalue weighted by atomic mass is 10.1. The highest BCUT2D eigenvalue weighted by Gasteiger charge is 2.26. The summed E-state index contributed by atoms with van der Waals surface area (Å²) in [6, 6.07) is 16.7. The van der Waals surface area contributed by atoms with Gasteiger partial charge in [0.05, 0.1) is 5.02 Å². The lowest BCUT2D eigenvalue weighted by molar-refractivity contribution is 0.282. The SMILES string of the molecule is CN(C1=NC(Nc2ccc(OCc3ccccc3)c(Cl)c2)N=C(NC2CCCCCC2)N1)C1CCNCC1. The Morgan fingerprint density at radius 1 is 0.947 bits per heavy atom. The van der Waals surface area contributed by atoms with Crippen molar-refractivity contribution in [2.24, 2.45) is 9.98 Å². The van der Waals surface area contributed by atoms with Gasteiger partial charge in [-0.2, -0.15) is 0 Å². The summed E-state index contributed by atoms with van der Waals surface area (Å²) in [7, 11) is 2.13. The maximum absolute atomic E-state index is 6.59. The zero-order valence-electron chi connectivity index (χ0n) is 22.3. The lowest BCUT2D eigenvalue weighted by Crippen LogP contribution is -2.56. The van der Waals surface area contributed by atoms with Gasteiger partial charge in [0.15, 0.2) is 0 Å². The van der Waals surface area contributed by atoms with Crippen molar-refractivity contribution >= 4 is 29.2 Å². The van der Waals surface area contributed by atoms with E-state index >= 15 is 0 Å². The molecule has 4 N–H and O–H groups in total. The summed E-state index contributed by atoms with van der Waals surface area (Å²) in [6.45, 7) is 2.53. The molecule has 0 spiro atoms. The molecular weight excluding hydrogens is 498 g/mol. The largest absolute Gasteiger partial charge is 0.487 e. The minimum absolute atomic E-state index is 0.434. The molecule has 2 aliphatic heterocycles. The van der Waals surface area contributed by atoms with Crippen molar-refractivity contribution in [2.75, 3.05) is 25.5 Å². The zero-order valence-corrected chi connectivity index (χ0v) is 23.0. The Morgan fingerprint density at radius 2 is 1.71 bits per heavy atom. The van der Waals surface area contributed by atoms with E-state index in [9.17, 15) is 0 Å². The summed E-state index contributed by atoms with van der Waals surface area (Å²) in [5, 5.41) is 14.6. The summed E-state index contributed by atoms with van der Waals surface area (Å²) in [5.74, 6) is 2.28. The number of guanidine groups is 2. The van der Waals surface area contributed by atoms with Gasteiger partial charge in [-0.05, 0) is 62.5 Å². The van der Waals surface area contributed by atoms with Gasteiger partial charge in [0.2, 0.25) is 18.2 Å². The molecule has 38 heavy (non-hydrogen) atoms. The molecule has 0 bridgehead atoms. The predicted molar refractivity (Wildman–Crippen MR) is 156 cm³/mol. The fourth-order valence-corrected chi connectivity index (χ4v) is 5.57. The maximum Gasteiger partial charge on any atom is 0.221 e. The summed E-state index contributed by atoms with van der Waals surface area (Å²) < 4.78 is 5.95.